The van der Waals surface area contributed by atoms with Crippen LogP contribution in [0.5, 0.6) is 0 Å². The van der Waals surface area contributed by atoms with E-state index in [1.165, 1.54) is 12.3 Å². The Hall–Kier alpha value is -1.06. The molecular weight excluding hydrogens is 437 g/mol. The maximum absolute atomic E-state index is 13.8. The highest BCUT2D eigenvalue weighted by atomic mass is 35.5. The molecule has 1 aromatic heterocycles. The molecule has 30 heavy (non-hydrogen) atoms. The Morgan fingerprint density at radius 2 is 2.07 bits per heavy atom. The number of methoxy groups -OCH3 is 1. The predicted octanol–water partition coefficient (Wildman–Crippen LogP) is 2.97. The van der Waals surface area contributed by atoms with Crippen molar-refractivity contribution in [2.45, 2.75) is 51.1 Å². The van der Waals surface area contributed by atoms with Crippen LogP contribution in [-0.2, 0) is 20.9 Å². The van der Waals surface area contributed by atoms with Gasteiger partial charge in [-0.25, -0.2) is 0 Å². The van der Waals surface area contributed by atoms with E-state index in [0.717, 1.165) is 25.6 Å². The summed E-state index contributed by atoms with van der Waals surface area (Å²) in [5.74, 6) is -3.13. The number of ether oxygens (including phenoxy) is 1. The van der Waals surface area contributed by atoms with Gasteiger partial charge in [0.2, 0.25) is 5.91 Å². The van der Waals surface area contributed by atoms with Crippen LogP contribution >= 0.6 is 24.8 Å². The molecule has 2 atom stereocenters. The average molecular weight is 469 g/mol. The largest absolute Gasteiger partial charge is 0.383 e. The van der Waals surface area contributed by atoms with Crippen LogP contribution in [0.4, 0.5) is 14.5 Å². The standard InChI is InChI=1S/C20H30F2N4O2.2ClH/c1-13-9-25(14(7-23-13)11-28-5)10-18(27)26-12-19(2,3)15-8-24-17(6-16(15)26)20(4,21)22;;/h6,8,13-14,23H,7,9-12H2,1-5H3;2*1H/t13-,14-;;/m1../s1. The number of pyridine rings is 1. The van der Waals surface area contributed by atoms with Crippen molar-refractivity contribution >= 4 is 36.4 Å². The summed E-state index contributed by atoms with van der Waals surface area (Å²) in [6, 6.07) is 1.75. The molecule has 2 aliphatic rings. The van der Waals surface area contributed by atoms with Crippen LogP contribution < -0.4 is 10.2 Å². The van der Waals surface area contributed by atoms with Crippen LogP contribution in [0.15, 0.2) is 12.3 Å². The van der Waals surface area contributed by atoms with Gasteiger partial charge in [-0.05, 0) is 13.0 Å². The molecule has 0 radical (unpaired) electrons. The van der Waals surface area contributed by atoms with Gasteiger partial charge in [0, 0.05) is 62.9 Å². The zero-order valence-corrected chi connectivity index (χ0v) is 19.7. The Labute approximate surface area is 189 Å². The molecular formula is C20H32Cl2F2N4O2. The van der Waals surface area contributed by atoms with Crippen molar-refractivity contribution in [2.75, 3.05) is 44.8 Å². The fourth-order valence-electron chi connectivity index (χ4n) is 4.06. The number of alkyl halides is 2. The second-order valence-electron chi connectivity index (χ2n) is 8.69. The summed E-state index contributed by atoms with van der Waals surface area (Å²) in [6.07, 6.45) is 1.50. The molecule has 10 heteroatoms. The number of nitrogens with one attached hydrogen (secondary N) is 1. The molecule has 0 aromatic carbocycles. The molecule has 3 rings (SSSR count). The molecule has 0 spiro atoms. The molecule has 0 aliphatic carbocycles. The Balaban J connectivity index is 0.00000225. The lowest BCUT2D eigenvalue weighted by Gasteiger charge is -2.39. The third-order valence-electron chi connectivity index (χ3n) is 5.63. The number of nitrogens with zero attached hydrogens (tertiary/aromatic N) is 3. The lowest BCUT2D eigenvalue weighted by atomic mass is 9.88. The normalized spacial score (nSPS) is 23.4. The number of hydrogen-bond donors (Lipinski definition) is 1. The summed E-state index contributed by atoms with van der Waals surface area (Å²) in [5.41, 5.74) is 0.737. The fourth-order valence-corrected chi connectivity index (χ4v) is 4.06. The van der Waals surface area contributed by atoms with E-state index in [9.17, 15) is 13.6 Å². The summed E-state index contributed by atoms with van der Waals surface area (Å²) in [5, 5.41) is 3.40. The summed E-state index contributed by atoms with van der Waals surface area (Å²) >= 11 is 0. The highest BCUT2D eigenvalue weighted by molar-refractivity contribution is 5.97. The lowest BCUT2D eigenvalue weighted by Crippen LogP contribution is -2.59. The Kier molecular flexibility index (Phi) is 9.03. The minimum atomic E-state index is -3.05. The Morgan fingerprint density at radius 3 is 2.67 bits per heavy atom. The van der Waals surface area contributed by atoms with Crippen LogP contribution in [0, 0.1) is 0 Å². The maximum atomic E-state index is 13.8. The molecule has 0 saturated carbocycles. The fraction of sp³-hybridized carbons (Fsp3) is 0.700. The number of anilines is 1. The Bertz CT molecular complexity index is 746. The average Bonchev–Trinajstić information content (AvgIpc) is 2.88. The van der Waals surface area contributed by atoms with Crippen molar-refractivity contribution in [3.05, 3.63) is 23.5 Å². The predicted molar refractivity (Wildman–Crippen MR) is 118 cm³/mol. The van der Waals surface area contributed by atoms with Crippen molar-refractivity contribution in [3.8, 4) is 0 Å². The number of carbonyl (C=O) groups excluding carboxylic acids is 1. The van der Waals surface area contributed by atoms with Crippen molar-refractivity contribution in [1.82, 2.24) is 15.2 Å². The van der Waals surface area contributed by atoms with Gasteiger partial charge in [0.25, 0.3) is 5.92 Å². The minimum absolute atomic E-state index is 0. The van der Waals surface area contributed by atoms with Gasteiger partial charge in [0.15, 0.2) is 0 Å². The van der Waals surface area contributed by atoms with E-state index in [0.29, 0.717) is 18.8 Å². The number of aromatic nitrogens is 1. The van der Waals surface area contributed by atoms with Gasteiger partial charge in [-0.15, -0.1) is 24.8 Å². The first-order valence-corrected chi connectivity index (χ1v) is 9.68. The SMILES string of the molecule is COC[C@H]1CN[C@H](C)CN1CC(=O)N1CC(C)(C)c2cnc(C(C)(F)F)cc21.Cl.Cl. The third kappa shape index (κ3) is 5.59. The Morgan fingerprint density at radius 1 is 1.40 bits per heavy atom. The smallest absolute Gasteiger partial charge is 0.287 e. The molecule has 172 valence electrons. The lowest BCUT2D eigenvalue weighted by molar-refractivity contribution is -0.121. The van der Waals surface area contributed by atoms with Gasteiger partial charge in [0.05, 0.1) is 18.8 Å². The van der Waals surface area contributed by atoms with Crippen molar-refractivity contribution in [2.24, 2.45) is 0 Å². The number of amides is 1. The van der Waals surface area contributed by atoms with Crippen LogP contribution in [0.2, 0.25) is 0 Å². The molecule has 1 saturated heterocycles. The number of carbonyl (C=O) groups is 1. The third-order valence-corrected chi connectivity index (χ3v) is 5.63. The highest BCUT2D eigenvalue weighted by Gasteiger charge is 2.41. The summed E-state index contributed by atoms with van der Waals surface area (Å²) in [4.78, 5) is 20.9. The minimum Gasteiger partial charge on any atom is -0.383 e. The molecule has 1 N–H and O–H groups in total. The summed E-state index contributed by atoms with van der Waals surface area (Å²) in [7, 11) is 1.65. The monoisotopic (exact) mass is 468 g/mol. The summed E-state index contributed by atoms with van der Waals surface area (Å²) < 4.78 is 32.9. The van der Waals surface area contributed by atoms with Crippen LogP contribution in [-0.4, -0.2) is 67.8 Å². The van der Waals surface area contributed by atoms with Crippen LogP contribution in [0.1, 0.15) is 39.0 Å². The van der Waals surface area contributed by atoms with Crippen molar-refractivity contribution < 1.29 is 18.3 Å². The quantitative estimate of drug-likeness (QED) is 0.719. The summed E-state index contributed by atoms with van der Waals surface area (Å²) in [6.45, 7) is 9.62. The number of hydrogen-bond acceptors (Lipinski definition) is 5. The highest BCUT2D eigenvalue weighted by Crippen LogP contribution is 2.42. The molecule has 0 bridgehead atoms. The van der Waals surface area contributed by atoms with Crippen LogP contribution in [0.3, 0.4) is 0 Å². The van der Waals surface area contributed by atoms with E-state index in [4.69, 9.17) is 4.74 Å². The number of fused-ring (bicyclic) bond motifs is 1. The molecule has 1 fully saturated rings. The van der Waals surface area contributed by atoms with E-state index >= 15 is 0 Å². The zero-order valence-electron chi connectivity index (χ0n) is 18.1. The molecule has 0 unspecified atom stereocenters. The number of halogens is 4. The number of piperazine rings is 1. The molecule has 1 amide bonds. The first-order valence-electron chi connectivity index (χ1n) is 9.68. The van der Waals surface area contributed by atoms with E-state index in [2.05, 4.69) is 22.1 Å². The zero-order chi connectivity index (χ0) is 20.7. The van der Waals surface area contributed by atoms with E-state index in [-0.39, 0.29) is 60.5 Å². The van der Waals surface area contributed by atoms with Gasteiger partial charge in [-0.3, -0.25) is 14.7 Å². The van der Waals surface area contributed by atoms with Gasteiger partial charge < -0.3 is 15.0 Å². The topological polar surface area (TPSA) is 57.7 Å². The van der Waals surface area contributed by atoms with Crippen molar-refractivity contribution in [3.63, 3.8) is 0 Å². The second-order valence-corrected chi connectivity index (χ2v) is 8.69. The van der Waals surface area contributed by atoms with Gasteiger partial charge in [0.1, 0.15) is 5.69 Å². The van der Waals surface area contributed by atoms with E-state index in [1.54, 1.807) is 12.0 Å². The van der Waals surface area contributed by atoms with Gasteiger partial charge >= 0.3 is 0 Å². The van der Waals surface area contributed by atoms with Gasteiger partial charge in [-0.2, -0.15) is 8.78 Å². The maximum Gasteiger partial charge on any atom is 0.287 e. The van der Waals surface area contributed by atoms with E-state index in [1.807, 2.05) is 13.8 Å². The van der Waals surface area contributed by atoms with Gasteiger partial charge in [-0.1, -0.05) is 13.8 Å². The van der Waals surface area contributed by atoms with Crippen molar-refractivity contribution in [1.29, 1.82) is 0 Å². The second kappa shape index (κ2) is 10.0. The molecule has 6 nitrogen and oxygen atoms in total. The first-order chi connectivity index (χ1) is 13.0. The van der Waals surface area contributed by atoms with Crippen LogP contribution in [0.25, 0.3) is 0 Å². The first kappa shape index (κ1) is 27.0. The van der Waals surface area contributed by atoms with E-state index < -0.39 is 5.92 Å². The number of rotatable bonds is 5. The molecule has 1 aromatic rings. The molecule has 3 heterocycles. The molecule has 2 aliphatic heterocycles.